The van der Waals surface area contributed by atoms with E-state index in [9.17, 15) is 5.11 Å². The zero-order valence-corrected chi connectivity index (χ0v) is 14.1. The highest BCUT2D eigenvalue weighted by Gasteiger charge is 2.16. The fourth-order valence-corrected chi connectivity index (χ4v) is 3.46. The molecule has 0 amide bonds. The molecule has 2 aromatic carbocycles. The molecule has 0 saturated carbocycles. The molecule has 0 aliphatic rings. The van der Waals surface area contributed by atoms with Crippen molar-refractivity contribution in [3.63, 3.8) is 0 Å². The molecule has 0 fully saturated rings. The van der Waals surface area contributed by atoms with Gasteiger partial charge in [-0.15, -0.1) is 0 Å². The highest BCUT2D eigenvalue weighted by Crippen LogP contribution is 2.28. The Hall–Kier alpha value is -1.84. The molecule has 3 rings (SSSR count). The molecular formula is C20H27N2O+. The van der Waals surface area contributed by atoms with Crippen LogP contribution in [0.2, 0.25) is 0 Å². The summed E-state index contributed by atoms with van der Waals surface area (Å²) in [4.78, 5) is 1.40. The standard InChI is InChI=1S/C20H26N2O/c1-3-4-13-21(2)14-16(23)15-22-19-11-7-5-9-17(19)18-10-6-8-12-20(18)22/h5-12,16,23H,3-4,13-15H2,1-2H3/p+1/t16-/m0/s1. The van der Waals surface area contributed by atoms with Crippen LogP contribution in [0.4, 0.5) is 0 Å². The quantitative estimate of drug-likeness (QED) is 0.690. The Balaban J connectivity index is 1.86. The fraction of sp³-hybridized carbons (Fsp3) is 0.400. The molecule has 3 heteroatoms. The minimum absolute atomic E-state index is 0.328. The number of unbranched alkanes of at least 4 members (excludes halogenated alkanes) is 1. The van der Waals surface area contributed by atoms with Crippen LogP contribution in [0, 0.1) is 0 Å². The van der Waals surface area contributed by atoms with Crippen LogP contribution < -0.4 is 4.90 Å². The van der Waals surface area contributed by atoms with Crippen LogP contribution in [0.15, 0.2) is 48.5 Å². The first-order valence-electron chi connectivity index (χ1n) is 8.66. The van der Waals surface area contributed by atoms with E-state index in [1.54, 1.807) is 0 Å². The molecule has 23 heavy (non-hydrogen) atoms. The van der Waals surface area contributed by atoms with Gasteiger partial charge in [-0.3, -0.25) is 0 Å². The largest absolute Gasteiger partial charge is 0.385 e. The van der Waals surface area contributed by atoms with Crippen LogP contribution in [-0.2, 0) is 6.54 Å². The van der Waals surface area contributed by atoms with Crippen molar-refractivity contribution in [2.24, 2.45) is 0 Å². The van der Waals surface area contributed by atoms with Crippen LogP contribution in [0.5, 0.6) is 0 Å². The molecule has 1 aromatic heterocycles. The Labute approximate surface area is 138 Å². The first kappa shape index (κ1) is 16.0. The van der Waals surface area contributed by atoms with E-state index in [-0.39, 0.29) is 6.10 Å². The number of hydrogen-bond donors (Lipinski definition) is 2. The molecule has 3 aromatic rings. The summed E-state index contributed by atoms with van der Waals surface area (Å²) in [6.07, 6.45) is 2.10. The van der Waals surface area contributed by atoms with Crippen molar-refractivity contribution < 1.29 is 10.0 Å². The smallest absolute Gasteiger partial charge is 0.121 e. The molecule has 1 unspecified atom stereocenters. The van der Waals surface area contributed by atoms with E-state index in [0.29, 0.717) is 6.54 Å². The lowest BCUT2D eigenvalue weighted by atomic mass is 10.2. The SMILES string of the molecule is CCCC[NH+](C)C[C@H](O)Cn1c2ccccc2c2ccccc21. The van der Waals surface area contributed by atoms with E-state index < -0.39 is 0 Å². The molecule has 0 radical (unpaired) electrons. The number of rotatable bonds is 7. The number of quaternary nitrogens is 1. The number of aliphatic hydroxyl groups is 1. The van der Waals surface area contributed by atoms with Gasteiger partial charge in [-0.25, -0.2) is 0 Å². The molecular weight excluding hydrogens is 284 g/mol. The summed E-state index contributed by atoms with van der Waals surface area (Å²) in [5.41, 5.74) is 2.41. The van der Waals surface area contributed by atoms with E-state index in [2.05, 4.69) is 67.1 Å². The van der Waals surface area contributed by atoms with Gasteiger partial charge in [-0.1, -0.05) is 49.7 Å². The summed E-state index contributed by atoms with van der Waals surface area (Å²) in [6, 6.07) is 16.9. The predicted molar refractivity (Wildman–Crippen MR) is 97.0 cm³/mol. The van der Waals surface area contributed by atoms with Crippen molar-refractivity contribution in [2.75, 3.05) is 20.1 Å². The monoisotopic (exact) mass is 311 g/mol. The maximum atomic E-state index is 10.6. The summed E-state index contributed by atoms with van der Waals surface area (Å²) in [5.74, 6) is 0. The van der Waals surface area contributed by atoms with E-state index >= 15 is 0 Å². The van der Waals surface area contributed by atoms with Gasteiger partial charge in [0.05, 0.1) is 20.1 Å². The van der Waals surface area contributed by atoms with Gasteiger partial charge in [0, 0.05) is 21.8 Å². The van der Waals surface area contributed by atoms with Crippen molar-refractivity contribution >= 4 is 21.8 Å². The Morgan fingerprint density at radius 3 is 2.13 bits per heavy atom. The van der Waals surface area contributed by atoms with E-state index in [4.69, 9.17) is 0 Å². The fourth-order valence-electron chi connectivity index (χ4n) is 3.46. The van der Waals surface area contributed by atoms with Crippen molar-refractivity contribution in [1.29, 1.82) is 0 Å². The second kappa shape index (κ2) is 7.16. The Morgan fingerprint density at radius 2 is 1.57 bits per heavy atom. The number of hydrogen-bond acceptors (Lipinski definition) is 1. The molecule has 122 valence electrons. The van der Waals surface area contributed by atoms with E-state index in [1.807, 2.05) is 0 Å². The van der Waals surface area contributed by atoms with Gasteiger partial charge < -0.3 is 14.6 Å². The summed E-state index contributed by atoms with van der Waals surface area (Å²) in [5, 5.41) is 13.1. The number of aromatic nitrogens is 1. The Morgan fingerprint density at radius 1 is 1.00 bits per heavy atom. The summed E-state index contributed by atoms with van der Waals surface area (Å²) in [6.45, 7) is 4.78. The van der Waals surface area contributed by atoms with Crippen molar-refractivity contribution in [3.8, 4) is 0 Å². The summed E-state index contributed by atoms with van der Waals surface area (Å²) >= 11 is 0. The van der Waals surface area contributed by atoms with Crippen LogP contribution in [0.3, 0.4) is 0 Å². The minimum Gasteiger partial charge on any atom is -0.385 e. The number of nitrogens with one attached hydrogen (secondary N) is 1. The third-order valence-electron chi connectivity index (χ3n) is 4.61. The zero-order valence-electron chi connectivity index (χ0n) is 14.1. The topological polar surface area (TPSA) is 29.6 Å². The number of aliphatic hydroxyl groups excluding tert-OH is 1. The van der Waals surface area contributed by atoms with Gasteiger partial charge in [-0.05, 0) is 18.6 Å². The number of fused-ring (bicyclic) bond motifs is 3. The van der Waals surface area contributed by atoms with Gasteiger partial charge in [0.15, 0.2) is 0 Å². The summed E-state index contributed by atoms with van der Waals surface area (Å²) < 4.78 is 2.27. The first-order valence-corrected chi connectivity index (χ1v) is 8.66. The third kappa shape index (κ3) is 3.41. The number of likely N-dealkylation sites (N-methyl/N-ethyl adjacent to an activating group) is 1. The first-order chi connectivity index (χ1) is 11.2. The van der Waals surface area contributed by atoms with Gasteiger partial charge in [0.25, 0.3) is 0 Å². The van der Waals surface area contributed by atoms with Gasteiger partial charge in [0.2, 0.25) is 0 Å². The Bertz CT molecular complexity index is 724. The molecule has 2 atom stereocenters. The van der Waals surface area contributed by atoms with Crippen LogP contribution >= 0.6 is 0 Å². The number of nitrogens with zero attached hydrogens (tertiary/aromatic N) is 1. The summed E-state index contributed by atoms with van der Waals surface area (Å²) in [7, 11) is 2.17. The molecule has 0 saturated heterocycles. The average Bonchev–Trinajstić information content (AvgIpc) is 2.88. The second-order valence-corrected chi connectivity index (χ2v) is 6.56. The second-order valence-electron chi connectivity index (χ2n) is 6.56. The zero-order chi connectivity index (χ0) is 16.2. The molecule has 0 spiro atoms. The Kier molecular flexibility index (Phi) is 4.99. The normalized spacial score (nSPS) is 14.4. The highest BCUT2D eigenvalue weighted by molar-refractivity contribution is 6.07. The highest BCUT2D eigenvalue weighted by atomic mass is 16.3. The van der Waals surface area contributed by atoms with Crippen LogP contribution in [0.1, 0.15) is 19.8 Å². The van der Waals surface area contributed by atoms with Gasteiger partial charge in [-0.2, -0.15) is 0 Å². The van der Waals surface area contributed by atoms with E-state index in [0.717, 1.165) is 13.1 Å². The van der Waals surface area contributed by atoms with Gasteiger partial charge in [0.1, 0.15) is 12.6 Å². The molecule has 3 nitrogen and oxygen atoms in total. The lowest BCUT2D eigenvalue weighted by Gasteiger charge is -2.19. The molecule has 0 bridgehead atoms. The van der Waals surface area contributed by atoms with Crippen molar-refractivity contribution in [3.05, 3.63) is 48.5 Å². The number of benzene rings is 2. The third-order valence-corrected chi connectivity index (χ3v) is 4.61. The van der Waals surface area contributed by atoms with Crippen LogP contribution in [-0.4, -0.2) is 35.9 Å². The lowest BCUT2D eigenvalue weighted by molar-refractivity contribution is -0.883. The average molecular weight is 311 g/mol. The van der Waals surface area contributed by atoms with E-state index in [1.165, 1.54) is 39.5 Å². The predicted octanol–water partition coefficient (Wildman–Crippen LogP) is 2.47. The maximum absolute atomic E-state index is 10.6. The molecule has 0 aliphatic heterocycles. The van der Waals surface area contributed by atoms with Gasteiger partial charge >= 0.3 is 0 Å². The lowest BCUT2D eigenvalue weighted by Crippen LogP contribution is -3.10. The molecule has 1 heterocycles. The van der Waals surface area contributed by atoms with Crippen molar-refractivity contribution in [1.82, 2.24) is 4.57 Å². The molecule has 2 N–H and O–H groups in total. The maximum Gasteiger partial charge on any atom is 0.121 e. The van der Waals surface area contributed by atoms with Crippen molar-refractivity contribution in [2.45, 2.75) is 32.4 Å². The molecule has 0 aliphatic carbocycles. The minimum atomic E-state index is -0.328. The number of para-hydroxylation sites is 2. The van der Waals surface area contributed by atoms with Crippen LogP contribution in [0.25, 0.3) is 21.8 Å².